The molecule has 3 rings (SSSR count). The highest BCUT2D eigenvalue weighted by atomic mass is 79.9. The normalized spacial score (nSPS) is 16.7. The Morgan fingerprint density at radius 2 is 2.26 bits per heavy atom. The van der Waals surface area contributed by atoms with Crippen LogP contribution in [0.2, 0.25) is 0 Å². The van der Waals surface area contributed by atoms with Crippen LogP contribution in [0.4, 0.5) is 0 Å². The molecule has 7 heteroatoms. The Hall–Kier alpha value is -1.39. The molecule has 1 fully saturated rings. The predicted octanol–water partition coefficient (Wildman–Crippen LogP) is 2.53. The standard InChI is InChI=1S/C12H11BrN4OS/c13-10-9(15-12-17(10)5-6-19-12)11(18)16-3-1-8(7-14)2-4-16/h5-6,8H,1-4H2. The molecular formula is C12H11BrN4OS. The van der Waals surface area contributed by atoms with Gasteiger partial charge in [-0.15, -0.1) is 11.3 Å². The maximum absolute atomic E-state index is 12.4. The molecule has 0 saturated carbocycles. The van der Waals surface area contributed by atoms with Crippen molar-refractivity contribution in [1.29, 1.82) is 5.26 Å². The number of carbonyl (C=O) groups is 1. The van der Waals surface area contributed by atoms with Gasteiger partial charge in [-0.3, -0.25) is 9.20 Å². The molecule has 1 aliphatic heterocycles. The summed E-state index contributed by atoms with van der Waals surface area (Å²) in [6.07, 6.45) is 3.39. The highest BCUT2D eigenvalue weighted by Crippen LogP contribution is 2.25. The van der Waals surface area contributed by atoms with Gasteiger partial charge in [0.25, 0.3) is 5.91 Å². The van der Waals surface area contributed by atoms with Crippen LogP contribution >= 0.6 is 27.3 Å². The van der Waals surface area contributed by atoms with Gasteiger partial charge < -0.3 is 4.90 Å². The number of aromatic nitrogens is 2. The van der Waals surface area contributed by atoms with Crippen molar-refractivity contribution in [3.63, 3.8) is 0 Å². The summed E-state index contributed by atoms with van der Waals surface area (Å²) in [7, 11) is 0. The van der Waals surface area contributed by atoms with Gasteiger partial charge in [0.1, 0.15) is 4.60 Å². The number of imidazole rings is 1. The minimum Gasteiger partial charge on any atom is -0.337 e. The Morgan fingerprint density at radius 1 is 1.53 bits per heavy atom. The first-order chi connectivity index (χ1) is 9.20. The third-order valence-electron chi connectivity index (χ3n) is 3.37. The van der Waals surface area contributed by atoms with E-state index in [0.717, 1.165) is 17.8 Å². The SMILES string of the molecule is N#CC1CCN(C(=O)c2nc3sccn3c2Br)CC1. The number of fused-ring (bicyclic) bond motifs is 1. The molecule has 19 heavy (non-hydrogen) atoms. The Labute approximate surface area is 122 Å². The van der Waals surface area contributed by atoms with Crippen LogP contribution < -0.4 is 0 Å². The zero-order chi connectivity index (χ0) is 13.4. The van der Waals surface area contributed by atoms with E-state index < -0.39 is 0 Å². The van der Waals surface area contributed by atoms with Crippen LogP contribution in [0, 0.1) is 17.2 Å². The van der Waals surface area contributed by atoms with Gasteiger partial charge in [0.2, 0.25) is 0 Å². The number of rotatable bonds is 1. The van der Waals surface area contributed by atoms with Crippen LogP contribution in [-0.4, -0.2) is 33.3 Å². The molecule has 1 amide bonds. The van der Waals surface area contributed by atoms with Gasteiger partial charge in [0, 0.05) is 30.6 Å². The highest BCUT2D eigenvalue weighted by molar-refractivity contribution is 9.10. The first kappa shape index (κ1) is 12.6. The van der Waals surface area contributed by atoms with E-state index in [4.69, 9.17) is 5.26 Å². The lowest BCUT2D eigenvalue weighted by Gasteiger charge is -2.28. The van der Waals surface area contributed by atoms with Gasteiger partial charge in [-0.25, -0.2) is 4.98 Å². The lowest BCUT2D eigenvalue weighted by atomic mass is 9.98. The van der Waals surface area contributed by atoms with Crippen molar-refractivity contribution in [3.05, 3.63) is 21.9 Å². The zero-order valence-electron chi connectivity index (χ0n) is 10.0. The summed E-state index contributed by atoms with van der Waals surface area (Å²) in [6.45, 7) is 1.27. The molecule has 3 heterocycles. The molecule has 2 aromatic rings. The van der Waals surface area contributed by atoms with Crippen molar-refractivity contribution < 1.29 is 4.79 Å². The molecule has 2 aromatic heterocycles. The minimum absolute atomic E-state index is 0.0563. The quantitative estimate of drug-likeness (QED) is 0.802. The van der Waals surface area contributed by atoms with Crippen LogP contribution in [0.5, 0.6) is 0 Å². The molecular weight excluding hydrogens is 328 g/mol. The second-order valence-corrected chi connectivity index (χ2v) is 6.13. The molecule has 0 aliphatic carbocycles. The largest absolute Gasteiger partial charge is 0.337 e. The first-order valence-corrected chi connectivity index (χ1v) is 7.68. The van der Waals surface area contributed by atoms with Crippen molar-refractivity contribution >= 4 is 38.1 Å². The molecule has 98 valence electrons. The van der Waals surface area contributed by atoms with Crippen LogP contribution in [0.3, 0.4) is 0 Å². The number of hydrogen-bond acceptors (Lipinski definition) is 4. The molecule has 0 spiro atoms. The second-order valence-electron chi connectivity index (χ2n) is 4.50. The lowest BCUT2D eigenvalue weighted by Crippen LogP contribution is -2.38. The van der Waals surface area contributed by atoms with E-state index in [1.165, 1.54) is 11.3 Å². The Bertz CT molecular complexity index is 663. The molecule has 1 saturated heterocycles. The van der Waals surface area contributed by atoms with Crippen molar-refractivity contribution in [2.75, 3.05) is 13.1 Å². The number of hydrogen-bond donors (Lipinski definition) is 0. The summed E-state index contributed by atoms with van der Waals surface area (Å²) < 4.78 is 2.57. The number of piperidine rings is 1. The second kappa shape index (κ2) is 4.94. The van der Waals surface area contributed by atoms with Crippen molar-refractivity contribution in [3.8, 4) is 6.07 Å². The summed E-state index contributed by atoms with van der Waals surface area (Å²) in [4.78, 5) is 19.4. The van der Waals surface area contributed by atoms with Gasteiger partial charge in [-0.2, -0.15) is 5.26 Å². The Kier molecular flexibility index (Phi) is 3.29. The van der Waals surface area contributed by atoms with Gasteiger partial charge in [0.05, 0.1) is 6.07 Å². The van der Waals surface area contributed by atoms with E-state index in [2.05, 4.69) is 27.0 Å². The smallest absolute Gasteiger partial charge is 0.275 e. The highest BCUT2D eigenvalue weighted by Gasteiger charge is 2.27. The number of halogens is 1. The maximum atomic E-state index is 12.4. The van der Waals surface area contributed by atoms with E-state index in [0.29, 0.717) is 23.4 Å². The molecule has 0 radical (unpaired) electrons. The molecule has 0 aromatic carbocycles. The monoisotopic (exact) mass is 338 g/mol. The molecule has 0 bridgehead atoms. The molecule has 1 aliphatic rings. The number of nitriles is 1. The number of nitrogens with zero attached hydrogens (tertiary/aromatic N) is 4. The molecule has 5 nitrogen and oxygen atoms in total. The van der Waals surface area contributed by atoms with Crippen molar-refractivity contribution in [1.82, 2.24) is 14.3 Å². The molecule has 0 N–H and O–H groups in total. The number of likely N-dealkylation sites (tertiary alicyclic amines) is 1. The molecule has 0 unspecified atom stereocenters. The van der Waals surface area contributed by atoms with Crippen LogP contribution in [-0.2, 0) is 0 Å². The predicted molar refractivity (Wildman–Crippen MR) is 75.0 cm³/mol. The zero-order valence-corrected chi connectivity index (χ0v) is 12.4. The van der Waals surface area contributed by atoms with Crippen LogP contribution in [0.15, 0.2) is 16.2 Å². The topological polar surface area (TPSA) is 61.4 Å². The van der Waals surface area contributed by atoms with Crippen molar-refractivity contribution in [2.45, 2.75) is 12.8 Å². The van der Waals surface area contributed by atoms with Gasteiger partial charge in [0.15, 0.2) is 10.7 Å². The number of thiazole rings is 1. The fraction of sp³-hybridized carbons (Fsp3) is 0.417. The average Bonchev–Trinajstić information content (AvgIpc) is 3.02. The fourth-order valence-electron chi connectivity index (χ4n) is 2.26. The Morgan fingerprint density at radius 3 is 2.89 bits per heavy atom. The summed E-state index contributed by atoms with van der Waals surface area (Å²) in [5, 5.41) is 10.8. The van der Waals surface area contributed by atoms with E-state index in [-0.39, 0.29) is 11.8 Å². The van der Waals surface area contributed by atoms with Crippen LogP contribution in [0.1, 0.15) is 23.3 Å². The molecule has 0 atom stereocenters. The third kappa shape index (κ3) is 2.15. The van der Waals surface area contributed by atoms with Gasteiger partial charge >= 0.3 is 0 Å². The third-order valence-corrected chi connectivity index (χ3v) is 4.89. The fourth-order valence-corrected chi connectivity index (χ4v) is 3.63. The maximum Gasteiger partial charge on any atom is 0.275 e. The summed E-state index contributed by atoms with van der Waals surface area (Å²) in [6, 6.07) is 2.27. The minimum atomic E-state index is -0.0563. The number of amides is 1. The van der Waals surface area contributed by atoms with Crippen LogP contribution in [0.25, 0.3) is 4.96 Å². The van der Waals surface area contributed by atoms with Gasteiger partial charge in [-0.1, -0.05) is 0 Å². The number of carbonyl (C=O) groups excluding carboxylic acids is 1. The summed E-state index contributed by atoms with van der Waals surface area (Å²) in [5.74, 6) is 0.0251. The average molecular weight is 339 g/mol. The van der Waals surface area contributed by atoms with Crippen molar-refractivity contribution in [2.24, 2.45) is 5.92 Å². The van der Waals surface area contributed by atoms with E-state index in [9.17, 15) is 4.79 Å². The first-order valence-electron chi connectivity index (χ1n) is 6.00. The summed E-state index contributed by atoms with van der Waals surface area (Å²) >= 11 is 4.93. The Balaban J connectivity index is 1.82. The van der Waals surface area contributed by atoms with E-state index in [1.807, 2.05) is 16.0 Å². The van der Waals surface area contributed by atoms with Gasteiger partial charge in [-0.05, 0) is 28.8 Å². The lowest BCUT2D eigenvalue weighted by molar-refractivity contribution is 0.0701. The van der Waals surface area contributed by atoms with E-state index in [1.54, 1.807) is 4.90 Å². The summed E-state index contributed by atoms with van der Waals surface area (Å²) in [5.41, 5.74) is 0.460. The van der Waals surface area contributed by atoms with E-state index >= 15 is 0 Å².